The molecular weight excluding hydrogens is 568 g/mol. The van der Waals surface area contributed by atoms with E-state index in [4.69, 9.17) is 9.47 Å². The van der Waals surface area contributed by atoms with Gasteiger partial charge in [-0.25, -0.2) is 0 Å². The Hall–Kier alpha value is -3.75. The lowest BCUT2D eigenvalue weighted by atomic mass is 9.65. The quantitative estimate of drug-likeness (QED) is 0.165. The number of fused-ring (bicyclic) bond motifs is 1. The molecule has 0 aliphatic carbocycles. The van der Waals surface area contributed by atoms with E-state index >= 15 is 0 Å². The van der Waals surface area contributed by atoms with Crippen LogP contribution < -0.4 is 0 Å². The fraction of sp³-hybridized carbons (Fsp3) is 0.486. The maximum Gasteiger partial charge on any atom is 0.312 e. The summed E-state index contributed by atoms with van der Waals surface area (Å²) in [6.45, 7) is 10.1. The SMILES string of the molecule is C=CCCCCOC(=O)[C@@H]1[C@H]2C(=O)N([C@@H](CO)Cc3ccccc3)C(C(=O)N(CC=C)Cc3ccccc3)C23CC[C@@]1(CC)O3. The molecular formula is C37H46N2O6. The number of hydrogen-bond acceptors (Lipinski definition) is 6. The van der Waals surface area contributed by atoms with Crippen LogP contribution in [0.25, 0.3) is 0 Å². The van der Waals surface area contributed by atoms with Gasteiger partial charge in [-0.1, -0.05) is 79.7 Å². The van der Waals surface area contributed by atoms with Crippen LogP contribution >= 0.6 is 0 Å². The predicted molar refractivity (Wildman–Crippen MR) is 172 cm³/mol. The summed E-state index contributed by atoms with van der Waals surface area (Å²) < 4.78 is 12.7. The van der Waals surface area contributed by atoms with E-state index in [1.54, 1.807) is 15.9 Å². The summed E-state index contributed by atoms with van der Waals surface area (Å²) >= 11 is 0. The zero-order chi connectivity index (χ0) is 32.0. The van der Waals surface area contributed by atoms with Crippen molar-refractivity contribution in [1.29, 1.82) is 0 Å². The highest BCUT2D eigenvalue weighted by atomic mass is 16.6. The predicted octanol–water partition coefficient (Wildman–Crippen LogP) is 4.86. The number of hydrogen-bond donors (Lipinski definition) is 1. The van der Waals surface area contributed by atoms with E-state index in [2.05, 4.69) is 13.2 Å². The minimum Gasteiger partial charge on any atom is -0.465 e. The highest BCUT2D eigenvalue weighted by Crippen LogP contribution is 2.65. The number of esters is 1. The fourth-order valence-corrected chi connectivity index (χ4v) is 7.84. The number of allylic oxidation sites excluding steroid dienone is 1. The van der Waals surface area contributed by atoms with Crippen molar-refractivity contribution >= 4 is 17.8 Å². The minimum absolute atomic E-state index is 0.250. The Morgan fingerprint density at radius 2 is 1.76 bits per heavy atom. The van der Waals surface area contributed by atoms with Crippen LogP contribution in [-0.2, 0) is 36.8 Å². The van der Waals surface area contributed by atoms with Crippen molar-refractivity contribution in [1.82, 2.24) is 9.80 Å². The number of benzene rings is 2. The normalized spacial score (nSPS) is 27.2. The lowest BCUT2D eigenvalue weighted by Crippen LogP contribution is -2.59. The molecule has 2 bridgehead atoms. The van der Waals surface area contributed by atoms with Crippen LogP contribution in [0.1, 0.15) is 56.6 Å². The van der Waals surface area contributed by atoms with Crippen molar-refractivity contribution in [2.45, 2.75) is 81.7 Å². The molecule has 3 aliphatic heterocycles. The molecule has 6 atom stereocenters. The van der Waals surface area contributed by atoms with E-state index in [0.717, 1.165) is 24.0 Å². The van der Waals surface area contributed by atoms with Gasteiger partial charge in [0.1, 0.15) is 17.6 Å². The van der Waals surface area contributed by atoms with Gasteiger partial charge in [0.15, 0.2) is 0 Å². The number of ether oxygens (including phenoxy) is 2. The number of amides is 2. The lowest BCUT2D eigenvalue weighted by Gasteiger charge is -2.39. The molecule has 8 nitrogen and oxygen atoms in total. The van der Waals surface area contributed by atoms with Gasteiger partial charge in [-0.05, 0) is 56.1 Å². The minimum atomic E-state index is -1.21. The first kappa shape index (κ1) is 32.6. The molecule has 2 amide bonds. The number of aliphatic hydroxyl groups excluding tert-OH is 1. The van der Waals surface area contributed by atoms with Gasteiger partial charge in [0.25, 0.3) is 0 Å². The molecule has 0 saturated carbocycles. The summed E-state index contributed by atoms with van der Waals surface area (Å²) in [5.41, 5.74) is -0.222. The lowest BCUT2D eigenvalue weighted by molar-refractivity contribution is -0.163. The molecule has 240 valence electrons. The first-order valence-electron chi connectivity index (χ1n) is 16.2. The zero-order valence-corrected chi connectivity index (χ0v) is 26.3. The second-order valence-electron chi connectivity index (χ2n) is 12.5. The summed E-state index contributed by atoms with van der Waals surface area (Å²) in [5, 5.41) is 10.8. The Morgan fingerprint density at radius 3 is 2.38 bits per heavy atom. The largest absolute Gasteiger partial charge is 0.465 e. The molecule has 3 saturated heterocycles. The second-order valence-corrected chi connectivity index (χ2v) is 12.5. The van der Waals surface area contributed by atoms with Gasteiger partial charge in [-0.2, -0.15) is 0 Å². The van der Waals surface area contributed by atoms with Crippen LogP contribution in [0.15, 0.2) is 86.0 Å². The summed E-state index contributed by atoms with van der Waals surface area (Å²) in [5.74, 6) is -2.76. The Morgan fingerprint density at radius 1 is 1.07 bits per heavy atom. The van der Waals surface area contributed by atoms with E-state index in [1.165, 1.54) is 0 Å². The molecule has 3 aliphatic rings. The van der Waals surface area contributed by atoms with E-state index in [0.29, 0.717) is 38.6 Å². The molecule has 0 aromatic heterocycles. The van der Waals surface area contributed by atoms with Crippen LogP contribution in [-0.4, -0.2) is 75.7 Å². The molecule has 45 heavy (non-hydrogen) atoms. The summed E-state index contributed by atoms with van der Waals surface area (Å²) in [7, 11) is 0. The maximum atomic E-state index is 14.8. The number of aliphatic hydroxyl groups is 1. The van der Waals surface area contributed by atoms with Crippen molar-refractivity contribution in [3.8, 4) is 0 Å². The fourth-order valence-electron chi connectivity index (χ4n) is 7.84. The third-order valence-electron chi connectivity index (χ3n) is 9.95. The molecule has 0 radical (unpaired) electrons. The van der Waals surface area contributed by atoms with Gasteiger partial charge in [0, 0.05) is 13.1 Å². The van der Waals surface area contributed by atoms with Crippen molar-refractivity contribution in [3.05, 3.63) is 97.1 Å². The summed E-state index contributed by atoms with van der Waals surface area (Å²) in [6.07, 6.45) is 7.78. The molecule has 1 spiro atoms. The van der Waals surface area contributed by atoms with E-state index in [1.807, 2.05) is 73.7 Å². The molecule has 2 unspecified atom stereocenters. The zero-order valence-electron chi connectivity index (χ0n) is 26.3. The van der Waals surface area contributed by atoms with Crippen LogP contribution in [0.5, 0.6) is 0 Å². The van der Waals surface area contributed by atoms with Gasteiger partial charge in [-0.15, -0.1) is 13.2 Å². The first-order valence-corrected chi connectivity index (χ1v) is 16.2. The van der Waals surface area contributed by atoms with Crippen molar-refractivity contribution in [2.24, 2.45) is 11.8 Å². The van der Waals surface area contributed by atoms with Crippen molar-refractivity contribution in [2.75, 3.05) is 19.8 Å². The van der Waals surface area contributed by atoms with Crippen molar-refractivity contribution < 1.29 is 29.0 Å². The molecule has 2 aromatic rings. The number of unbranched alkanes of at least 4 members (excludes halogenated alkanes) is 2. The van der Waals surface area contributed by atoms with E-state index in [-0.39, 0.29) is 31.6 Å². The molecule has 5 rings (SSSR count). The topological polar surface area (TPSA) is 96.4 Å². The van der Waals surface area contributed by atoms with E-state index < -0.39 is 41.1 Å². The van der Waals surface area contributed by atoms with Crippen LogP contribution in [0.3, 0.4) is 0 Å². The van der Waals surface area contributed by atoms with Crippen LogP contribution in [0.2, 0.25) is 0 Å². The van der Waals surface area contributed by atoms with Gasteiger partial charge in [-0.3, -0.25) is 14.4 Å². The molecule has 8 heteroatoms. The highest BCUT2D eigenvalue weighted by Gasteiger charge is 2.79. The number of nitrogens with zero attached hydrogens (tertiary/aromatic N) is 2. The average Bonchev–Trinajstić information content (AvgIpc) is 3.67. The summed E-state index contributed by atoms with van der Waals surface area (Å²) in [6, 6.07) is 17.6. The Balaban J connectivity index is 1.54. The number of carbonyl (C=O) groups is 3. The first-order chi connectivity index (χ1) is 21.9. The molecule has 3 fully saturated rings. The molecule has 2 aromatic carbocycles. The smallest absolute Gasteiger partial charge is 0.312 e. The number of rotatable bonds is 16. The standard InChI is InChI=1S/C37H46N2O6/c1-4-7-8-15-23-44-35(43)31-30-33(41)39(29(26-40)24-27-16-11-9-12-17-27)32(37(30)21-20-36(31,6-3)45-37)34(42)38(22-5-2)25-28-18-13-10-14-19-28/h4-5,9-14,16-19,29-32,40H,1-2,6-8,15,20-26H2,3H3/t29-,30+,31+,32?,36-,37?/m1/s1. The van der Waals surface area contributed by atoms with Gasteiger partial charge < -0.3 is 24.4 Å². The molecule has 3 heterocycles. The maximum absolute atomic E-state index is 14.8. The third kappa shape index (κ3) is 6.10. The van der Waals surface area contributed by atoms with Crippen LogP contribution in [0, 0.1) is 11.8 Å². The second kappa shape index (κ2) is 14.1. The number of carbonyl (C=O) groups excluding carboxylic acids is 3. The van der Waals surface area contributed by atoms with Crippen LogP contribution in [0.4, 0.5) is 0 Å². The van der Waals surface area contributed by atoms with Gasteiger partial charge in [0.05, 0.1) is 30.8 Å². The average molecular weight is 615 g/mol. The highest BCUT2D eigenvalue weighted by molar-refractivity contribution is 5.98. The Kier molecular flexibility index (Phi) is 10.2. The number of likely N-dealkylation sites (tertiary alicyclic amines) is 1. The monoisotopic (exact) mass is 614 g/mol. The van der Waals surface area contributed by atoms with E-state index in [9.17, 15) is 19.5 Å². The Bertz CT molecular complexity index is 1370. The Labute approximate surface area is 266 Å². The van der Waals surface area contributed by atoms with Gasteiger partial charge in [0.2, 0.25) is 11.8 Å². The summed E-state index contributed by atoms with van der Waals surface area (Å²) in [4.78, 5) is 46.7. The van der Waals surface area contributed by atoms with Gasteiger partial charge >= 0.3 is 5.97 Å². The third-order valence-corrected chi connectivity index (χ3v) is 9.95. The van der Waals surface area contributed by atoms with Crippen molar-refractivity contribution in [3.63, 3.8) is 0 Å². The molecule has 1 N–H and O–H groups in total.